The molecular formula is C20H17F2N9O. The highest BCUT2D eigenvalue weighted by Gasteiger charge is 2.12. The minimum Gasteiger partial charge on any atom is -0.486 e. The third-order valence-electron chi connectivity index (χ3n) is 4.69. The summed E-state index contributed by atoms with van der Waals surface area (Å²) in [6.45, 7) is -0.367. The molecule has 5 aromatic heterocycles. The maximum atomic E-state index is 12.4. The van der Waals surface area contributed by atoms with Crippen molar-refractivity contribution < 1.29 is 13.5 Å². The van der Waals surface area contributed by atoms with E-state index in [4.69, 9.17) is 4.74 Å². The van der Waals surface area contributed by atoms with Gasteiger partial charge in [-0.25, -0.2) is 13.8 Å². The fraction of sp³-hybridized carbons (Fsp3) is 0.200. The zero-order valence-corrected chi connectivity index (χ0v) is 16.9. The van der Waals surface area contributed by atoms with E-state index in [1.165, 1.54) is 6.20 Å². The number of rotatable bonds is 7. The smallest absolute Gasteiger partial charge is 0.272 e. The Morgan fingerprint density at radius 3 is 2.84 bits per heavy atom. The third-order valence-corrected chi connectivity index (χ3v) is 4.69. The lowest BCUT2D eigenvalue weighted by molar-refractivity contribution is 0.0818. The van der Waals surface area contributed by atoms with Crippen molar-refractivity contribution in [2.45, 2.75) is 13.0 Å². The van der Waals surface area contributed by atoms with Crippen molar-refractivity contribution in [2.75, 3.05) is 11.9 Å². The maximum absolute atomic E-state index is 12.4. The molecule has 0 fully saturated rings. The number of aromatic nitrogens is 8. The molecule has 162 valence electrons. The standard InChI is InChI=1S/C20H17F2N9O/c1-30-10-12(7-26-30)14-2-3-18-27-28-19(31(18)29-14)9-24-15-4-5-23-16-6-13(8-25-20(15)16)32-11-17(21)22/h2-8,10,17H,9,11H2,1H3,(H,23,24). The van der Waals surface area contributed by atoms with E-state index < -0.39 is 13.0 Å². The van der Waals surface area contributed by atoms with Gasteiger partial charge in [-0.15, -0.1) is 10.2 Å². The van der Waals surface area contributed by atoms with Crippen molar-refractivity contribution in [1.82, 2.24) is 39.6 Å². The quantitative estimate of drug-likeness (QED) is 0.414. The number of ether oxygens (including phenoxy) is 1. The second-order valence-corrected chi connectivity index (χ2v) is 6.96. The molecule has 1 N–H and O–H groups in total. The number of fused-ring (bicyclic) bond motifs is 2. The van der Waals surface area contributed by atoms with Crippen LogP contribution in [0.2, 0.25) is 0 Å². The van der Waals surface area contributed by atoms with E-state index in [0.717, 1.165) is 11.3 Å². The van der Waals surface area contributed by atoms with Crippen molar-refractivity contribution in [2.24, 2.45) is 7.05 Å². The van der Waals surface area contributed by atoms with Gasteiger partial charge in [-0.3, -0.25) is 9.67 Å². The van der Waals surface area contributed by atoms with Crippen molar-refractivity contribution >= 4 is 22.4 Å². The lowest BCUT2D eigenvalue weighted by Crippen LogP contribution is -2.08. The van der Waals surface area contributed by atoms with Crippen molar-refractivity contribution in [1.29, 1.82) is 0 Å². The van der Waals surface area contributed by atoms with Gasteiger partial charge in [0.25, 0.3) is 6.43 Å². The van der Waals surface area contributed by atoms with Gasteiger partial charge >= 0.3 is 0 Å². The molecule has 0 unspecified atom stereocenters. The maximum Gasteiger partial charge on any atom is 0.272 e. The van der Waals surface area contributed by atoms with Crippen molar-refractivity contribution in [3.63, 3.8) is 0 Å². The number of halogens is 2. The van der Waals surface area contributed by atoms with Crippen molar-refractivity contribution in [3.8, 4) is 17.0 Å². The Morgan fingerprint density at radius 1 is 1.12 bits per heavy atom. The molecule has 0 bridgehead atoms. The topological polar surface area (TPSA) is 108 Å². The predicted molar refractivity (Wildman–Crippen MR) is 111 cm³/mol. The van der Waals surface area contributed by atoms with Gasteiger partial charge in [0.05, 0.1) is 35.8 Å². The molecule has 0 aliphatic rings. The van der Waals surface area contributed by atoms with Crippen LogP contribution in [-0.2, 0) is 13.6 Å². The summed E-state index contributed by atoms with van der Waals surface area (Å²) in [5.74, 6) is 0.839. The highest BCUT2D eigenvalue weighted by molar-refractivity contribution is 5.87. The fourth-order valence-electron chi connectivity index (χ4n) is 3.22. The molecule has 5 heterocycles. The summed E-state index contributed by atoms with van der Waals surface area (Å²) in [5.41, 5.74) is 4.05. The number of hydrogen-bond acceptors (Lipinski definition) is 8. The van der Waals surface area contributed by atoms with Gasteiger partial charge in [0, 0.05) is 31.1 Å². The summed E-state index contributed by atoms with van der Waals surface area (Å²) in [5, 5.41) is 20.5. The highest BCUT2D eigenvalue weighted by Crippen LogP contribution is 2.24. The van der Waals surface area contributed by atoms with Gasteiger partial charge in [-0.05, 0) is 18.2 Å². The Hall–Kier alpha value is -4.22. The van der Waals surface area contributed by atoms with E-state index in [2.05, 4.69) is 35.7 Å². The average Bonchev–Trinajstić information content (AvgIpc) is 3.41. The van der Waals surface area contributed by atoms with Crippen LogP contribution in [0.4, 0.5) is 14.5 Å². The summed E-state index contributed by atoms with van der Waals surface area (Å²) in [6.07, 6.45) is 4.06. The molecule has 0 atom stereocenters. The Bertz CT molecular complexity index is 1400. The van der Waals surface area contributed by atoms with Crippen LogP contribution in [0, 0.1) is 0 Å². The first-order valence-electron chi connectivity index (χ1n) is 9.67. The summed E-state index contributed by atoms with van der Waals surface area (Å²) >= 11 is 0. The van der Waals surface area contributed by atoms with Crippen LogP contribution in [-0.4, -0.2) is 52.6 Å². The van der Waals surface area contributed by atoms with Gasteiger partial charge in [0.15, 0.2) is 11.5 Å². The second kappa shape index (κ2) is 8.13. The van der Waals surface area contributed by atoms with Gasteiger partial charge in [-0.1, -0.05) is 0 Å². The number of pyridine rings is 2. The summed E-state index contributed by atoms with van der Waals surface area (Å²) in [4.78, 5) is 8.56. The first-order valence-corrected chi connectivity index (χ1v) is 9.67. The Kier molecular flexibility index (Phi) is 5.01. The second-order valence-electron chi connectivity index (χ2n) is 6.96. The Balaban J connectivity index is 1.39. The molecule has 0 spiro atoms. The molecule has 12 heteroatoms. The molecule has 0 amide bonds. The molecule has 5 rings (SSSR count). The van der Waals surface area contributed by atoms with Crippen LogP contribution in [0.1, 0.15) is 5.82 Å². The van der Waals surface area contributed by atoms with E-state index >= 15 is 0 Å². The molecule has 0 saturated carbocycles. The molecular weight excluding hydrogens is 420 g/mol. The minimum atomic E-state index is -2.56. The highest BCUT2D eigenvalue weighted by atomic mass is 19.3. The normalized spacial score (nSPS) is 11.5. The largest absolute Gasteiger partial charge is 0.486 e. The first kappa shape index (κ1) is 19.7. The molecule has 0 aliphatic heterocycles. The van der Waals surface area contributed by atoms with Gasteiger partial charge in [-0.2, -0.15) is 14.7 Å². The number of anilines is 1. The third kappa shape index (κ3) is 3.89. The molecule has 32 heavy (non-hydrogen) atoms. The summed E-state index contributed by atoms with van der Waals surface area (Å²) in [6, 6.07) is 7.05. The number of nitrogens with one attached hydrogen (secondary N) is 1. The Labute approximate surface area is 179 Å². The number of aryl methyl sites for hydroxylation is 1. The summed E-state index contributed by atoms with van der Waals surface area (Å²) < 4.78 is 33.1. The van der Waals surface area contributed by atoms with Crippen LogP contribution < -0.4 is 10.1 Å². The molecule has 0 radical (unpaired) electrons. The minimum absolute atomic E-state index is 0.234. The zero-order chi connectivity index (χ0) is 22.1. The van der Waals surface area contributed by atoms with E-state index in [1.807, 2.05) is 25.4 Å². The van der Waals surface area contributed by atoms with E-state index in [9.17, 15) is 8.78 Å². The lowest BCUT2D eigenvalue weighted by atomic mass is 10.2. The SMILES string of the molecule is Cn1cc(-c2ccc3nnc(CNc4ccnc5cc(OCC(F)F)cnc45)n3n2)cn1. The Morgan fingerprint density at radius 2 is 2.03 bits per heavy atom. The van der Waals surface area contributed by atoms with Gasteiger partial charge in [0.1, 0.15) is 17.9 Å². The summed E-state index contributed by atoms with van der Waals surface area (Å²) in [7, 11) is 1.84. The van der Waals surface area contributed by atoms with Crippen LogP contribution in [0.25, 0.3) is 27.9 Å². The van der Waals surface area contributed by atoms with Crippen LogP contribution in [0.15, 0.2) is 49.1 Å². The average molecular weight is 437 g/mol. The number of hydrogen-bond donors (Lipinski definition) is 1. The molecule has 0 aliphatic carbocycles. The first-order chi connectivity index (χ1) is 15.6. The zero-order valence-electron chi connectivity index (χ0n) is 16.9. The molecule has 0 aromatic carbocycles. The number of nitrogens with zero attached hydrogens (tertiary/aromatic N) is 8. The van der Waals surface area contributed by atoms with Crippen LogP contribution in [0.5, 0.6) is 5.75 Å². The monoisotopic (exact) mass is 437 g/mol. The van der Waals surface area contributed by atoms with Crippen LogP contribution >= 0.6 is 0 Å². The van der Waals surface area contributed by atoms with Gasteiger partial charge < -0.3 is 10.1 Å². The molecule has 0 saturated heterocycles. The van der Waals surface area contributed by atoms with E-state index in [-0.39, 0.29) is 5.75 Å². The van der Waals surface area contributed by atoms with E-state index in [1.54, 1.807) is 33.7 Å². The van der Waals surface area contributed by atoms with Crippen molar-refractivity contribution in [3.05, 3.63) is 54.9 Å². The molecule has 5 aromatic rings. The number of alkyl halides is 2. The molecule has 10 nitrogen and oxygen atoms in total. The fourth-order valence-corrected chi connectivity index (χ4v) is 3.22. The van der Waals surface area contributed by atoms with Gasteiger partial charge in [0.2, 0.25) is 0 Å². The van der Waals surface area contributed by atoms with E-state index in [0.29, 0.717) is 34.7 Å². The predicted octanol–water partition coefficient (Wildman–Crippen LogP) is 2.72. The van der Waals surface area contributed by atoms with Crippen LogP contribution in [0.3, 0.4) is 0 Å². The lowest BCUT2D eigenvalue weighted by Gasteiger charge is -2.10.